The number of piperidine rings is 1. The van der Waals surface area contributed by atoms with Gasteiger partial charge in [0, 0.05) is 30.4 Å². The number of amides is 1. The summed E-state index contributed by atoms with van der Waals surface area (Å²) in [6.45, 7) is 3.29. The molecule has 0 spiro atoms. The van der Waals surface area contributed by atoms with E-state index in [1.54, 1.807) is 37.4 Å². The number of carbonyl (C=O) groups is 1. The predicted molar refractivity (Wildman–Crippen MR) is 113 cm³/mol. The van der Waals surface area contributed by atoms with Crippen LogP contribution in [-0.4, -0.2) is 46.8 Å². The van der Waals surface area contributed by atoms with Crippen LogP contribution in [0, 0.1) is 6.92 Å². The van der Waals surface area contributed by atoms with Crippen molar-refractivity contribution in [2.75, 3.05) is 24.6 Å². The van der Waals surface area contributed by atoms with Crippen molar-refractivity contribution >= 4 is 23.3 Å². The van der Waals surface area contributed by atoms with Crippen molar-refractivity contribution < 1.29 is 14.1 Å². The van der Waals surface area contributed by atoms with E-state index in [2.05, 4.69) is 25.3 Å². The zero-order valence-electron chi connectivity index (χ0n) is 16.5. The van der Waals surface area contributed by atoms with E-state index < -0.39 is 0 Å². The Balaban J connectivity index is 1.30. The molecule has 8 nitrogen and oxygen atoms in total. The number of benzene rings is 1. The van der Waals surface area contributed by atoms with E-state index in [9.17, 15) is 4.79 Å². The van der Waals surface area contributed by atoms with E-state index in [1.165, 1.54) is 0 Å². The maximum absolute atomic E-state index is 12.2. The zero-order chi connectivity index (χ0) is 20.9. The molecule has 0 radical (unpaired) electrons. The van der Waals surface area contributed by atoms with Crippen molar-refractivity contribution in [3.05, 3.63) is 53.4 Å². The van der Waals surface area contributed by atoms with Gasteiger partial charge in [-0.05, 0) is 56.2 Å². The fraction of sp³-hybridized carbons (Fsp3) is 0.333. The van der Waals surface area contributed by atoms with E-state index >= 15 is 0 Å². The molecule has 1 N–H and O–H groups in total. The van der Waals surface area contributed by atoms with Crippen LogP contribution in [0.2, 0.25) is 5.02 Å². The van der Waals surface area contributed by atoms with Gasteiger partial charge in [0.25, 0.3) is 11.8 Å². The lowest BCUT2D eigenvalue weighted by molar-refractivity contribution is -0.123. The Morgan fingerprint density at radius 2 is 2.03 bits per heavy atom. The smallest absolute Gasteiger partial charge is 0.261 e. The lowest BCUT2D eigenvalue weighted by Gasteiger charge is -2.33. The fourth-order valence-electron chi connectivity index (χ4n) is 3.41. The first-order valence-corrected chi connectivity index (χ1v) is 10.1. The third-order valence-corrected chi connectivity index (χ3v) is 5.14. The molecule has 156 valence electrons. The Bertz CT molecular complexity index is 1000. The highest BCUT2D eigenvalue weighted by molar-refractivity contribution is 6.30. The number of aryl methyl sites for hydroxylation is 1. The topological polar surface area (TPSA) is 93.4 Å². The van der Waals surface area contributed by atoms with Crippen molar-refractivity contribution in [1.29, 1.82) is 0 Å². The van der Waals surface area contributed by atoms with Crippen LogP contribution in [-0.2, 0) is 4.79 Å². The number of hydrogen-bond donors (Lipinski definition) is 1. The lowest BCUT2D eigenvalue weighted by Crippen LogP contribution is -2.46. The van der Waals surface area contributed by atoms with E-state index in [0.717, 1.165) is 37.3 Å². The molecule has 0 aliphatic carbocycles. The Kier molecular flexibility index (Phi) is 6.13. The molecule has 0 bridgehead atoms. The molecule has 3 heterocycles. The summed E-state index contributed by atoms with van der Waals surface area (Å²) < 4.78 is 10.8. The number of aromatic nitrogens is 3. The molecule has 1 aromatic carbocycles. The van der Waals surface area contributed by atoms with Gasteiger partial charge in [0.05, 0.1) is 5.56 Å². The molecule has 2 aromatic heterocycles. The number of halogens is 1. The number of carbonyl (C=O) groups excluding carboxylic acids is 1. The molecule has 1 fully saturated rings. The van der Waals surface area contributed by atoms with Gasteiger partial charge in [-0.1, -0.05) is 16.8 Å². The average molecular weight is 428 g/mol. The van der Waals surface area contributed by atoms with Crippen LogP contribution in [0.4, 0.5) is 5.82 Å². The van der Waals surface area contributed by atoms with Gasteiger partial charge >= 0.3 is 0 Å². The van der Waals surface area contributed by atoms with Crippen molar-refractivity contribution in [1.82, 2.24) is 20.4 Å². The summed E-state index contributed by atoms with van der Waals surface area (Å²) in [6, 6.07) is 10.8. The van der Waals surface area contributed by atoms with Gasteiger partial charge in [0.2, 0.25) is 0 Å². The highest BCUT2D eigenvalue weighted by Gasteiger charge is 2.24. The van der Waals surface area contributed by atoms with Crippen molar-refractivity contribution in [3.8, 4) is 17.2 Å². The first-order chi connectivity index (χ1) is 14.6. The third kappa shape index (κ3) is 4.88. The number of nitrogens with zero attached hydrogens (tertiary/aromatic N) is 4. The minimum atomic E-state index is -0.136. The molecule has 30 heavy (non-hydrogen) atoms. The van der Waals surface area contributed by atoms with Gasteiger partial charge in [0.15, 0.2) is 12.4 Å². The molecule has 0 atom stereocenters. The van der Waals surface area contributed by atoms with E-state index in [4.69, 9.17) is 20.9 Å². The second kappa shape index (κ2) is 9.13. The summed E-state index contributed by atoms with van der Waals surface area (Å²) in [4.78, 5) is 23.3. The standard InChI is InChI=1S/C21H22ClN5O3/c1-14-24-21(30-26-14)18-3-2-10-23-20(18)27-11-8-16(9-12-27)25-19(28)13-29-17-6-4-15(22)5-7-17/h2-7,10,16H,8-9,11-13H2,1H3,(H,25,28). The summed E-state index contributed by atoms with van der Waals surface area (Å²) >= 11 is 5.85. The summed E-state index contributed by atoms with van der Waals surface area (Å²) in [5, 5.41) is 7.54. The van der Waals surface area contributed by atoms with Crippen molar-refractivity contribution in [2.45, 2.75) is 25.8 Å². The second-order valence-electron chi connectivity index (χ2n) is 7.09. The minimum absolute atomic E-state index is 0.0250. The molecule has 9 heteroatoms. The number of pyridine rings is 1. The highest BCUT2D eigenvalue weighted by atomic mass is 35.5. The fourth-order valence-corrected chi connectivity index (χ4v) is 3.53. The quantitative estimate of drug-likeness (QED) is 0.645. The Morgan fingerprint density at radius 1 is 1.27 bits per heavy atom. The van der Waals surface area contributed by atoms with Crippen LogP contribution in [0.3, 0.4) is 0 Å². The van der Waals surface area contributed by atoms with Crippen LogP contribution < -0.4 is 15.0 Å². The summed E-state index contributed by atoms with van der Waals surface area (Å²) in [5.74, 6) is 2.34. The van der Waals surface area contributed by atoms with Gasteiger partial charge in [-0.2, -0.15) is 4.98 Å². The molecule has 1 saturated heterocycles. The normalized spacial score (nSPS) is 14.5. The summed E-state index contributed by atoms with van der Waals surface area (Å²) in [7, 11) is 0. The predicted octanol–water partition coefficient (Wildman–Crippen LogP) is 3.26. The van der Waals surface area contributed by atoms with Crippen LogP contribution in [0.5, 0.6) is 5.75 Å². The summed E-state index contributed by atoms with van der Waals surface area (Å²) in [5.41, 5.74) is 0.817. The molecule has 1 aliphatic rings. The molecule has 0 saturated carbocycles. The zero-order valence-corrected chi connectivity index (χ0v) is 17.3. The molecule has 4 rings (SSSR count). The summed E-state index contributed by atoms with van der Waals surface area (Å²) in [6.07, 6.45) is 3.38. The van der Waals surface area contributed by atoms with Gasteiger partial charge in [-0.3, -0.25) is 4.79 Å². The number of ether oxygens (including phenoxy) is 1. The first kappa shape index (κ1) is 20.2. The largest absolute Gasteiger partial charge is 0.484 e. The molecular formula is C21H22ClN5O3. The second-order valence-corrected chi connectivity index (χ2v) is 7.53. The van der Waals surface area contributed by atoms with E-state index in [1.807, 2.05) is 12.1 Å². The SMILES string of the molecule is Cc1noc(-c2cccnc2N2CCC(NC(=O)COc3ccc(Cl)cc3)CC2)n1. The highest BCUT2D eigenvalue weighted by Crippen LogP contribution is 2.29. The molecular weight excluding hydrogens is 406 g/mol. The van der Waals surface area contributed by atoms with Crippen LogP contribution in [0.1, 0.15) is 18.7 Å². The number of anilines is 1. The van der Waals surface area contributed by atoms with Crippen molar-refractivity contribution in [3.63, 3.8) is 0 Å². The van der Waals surface area contributed by atoms with Gasteiger partial charge < -0.3 is 19.5 Å². The number of hydrogen-bond acceptors (Lipinski definition) is 7. The third-order valence-electron chi connectivity index (χ3n) is 4.89. The number of rotatable bonds is 6. The van der Waals surface area contributed by atoms with E-state index in [-0.39, 0.29) is 18.6 Å². The maximum Gasteiger partial charge on any atom is 0.261 e. The van der Waals surface area contributed by atoms with Gasteiger partial charge in [-0.15, -0.1) is 0 Å². The van der Waals surface area contributed by atoms with Crippen LogP contribution in [0.15, 0.2) is 47.1 Å². The molecule has 3 aromatic rings. The molecule has 1 aliphatic heterocycles. The van der Waals surface area contributed by atoms with Crippen molar-refractivity contribution in [2.24, 2.45) is 0 Å². The Morgan fingerprint density at radius 3 is 2.73 bits per heavy atom. The Hall–Kier alpha value is -3.13. The number of nitrogens with one attached hydrogen (secondary N) is 1. The molecule has 1 amide bonds. The monoisotopic (exact) mass is 427 g/mol. The van der Waals surface area contributed by atoms with E-state index in [0.29, 0.717) is 22.5 Å². The first-order valence-electron chi connectivity index (χ1n) is 9.77. The van der Waals surface area contributed by atoms with Crippen LogP contribution in [0.25, 0.3) is 11.5 Å². The van der Waals surface area contributed by atoms with Crippen LogP contribution >= 0.6 is 11.6 Å². The maximum atomic E-state index is 12.2. The minimum Gasteiger partial charge on any atom is -0.484 e. The molecule has 0 unspecified atom stereocenters. The van der Waals surface area contributed by atoms with Gasteiger partial charge in [-0.25, -0.2) is 4.98 Å². The lowest BCUT2D eigenvalue weighted by atomic mass is 10.0. The van der Waals surface area contributed by atoms with Gasteiger partial charge in [0.1, 0.15) is 11.6 Å². The average Bonchev–Trinajstić information content (AvgIpc) is 3.20. The Labute approximate surface area is 179 Å².